The molecule has 5 heteroatoms. The van der Waals surface area contributed by atoms with Crippen LogP contribution in [0, 0.1) is 0 Å². The summed E-state index contributed by atoms with van der Waals surface area (Å²) in [6, 6.07) is 7.54. The Labute approximate surface area is 116 Å². The van der Waals surface area contributed by atoms with E-state index in [0.717, 1.165) is 12.6 Å². The van der Waals surface area contributed by atoms with E-state index < -0.39 is 11.7 Å². The molecule has 2 aromatic rings. The van der Waals surface area contributed by atoms with E-state index in [4.69, 9.17) is 5.11 Å². The second-order valence-electron chi connectivity index (χ2n) is 4.71. The van der Waals surface area contributed by atoms with Gasteiger partial charge < -0.3 is 10.1 Å². The van der Waals surface area contributed by atoms with Gasteiger partial charge in [0.25, 0.3) is 0 Å². The Kier molecular flexibility index (Phi) is 3.98. The minimum absolute atomic E-state index is 0.0131. The molecule has 20 heavy (non-hydrogen) atoms. The second kappa shape index (κ2) is 5.69. The van der Waals surface area contributed by atoms with Gasteiger partial charge in [-0.05, 0) is 23.5 Å². The number of hydrogen-bond donors (Lipinski definition) is 2. The molecule has 5 nitrogen and oxygen atoms in total. The summed E-state index contributed by atoms with van der Waals surface area (Å²) in [5.41, 5.74) is 1.56. The van der Waals surface area contributed by atoms with Crippen molar-refractivity contribution < 1.29 is 9.90 Å². The Balaban J connectivity index is 2.49. The molecule has 0 fully saturated rings. The first kappa shape index (κ1) is 14.0. The van der Waals surface area contributed by atoms with Crippen LogP contribution < -0.4 is 5.69 Å². The second-order valence-corrected chi connectivity index (χ2v) is 4.71. The molecule has 0 bridgehead atoms. The summed E-state index contributed by atoms with van der Waals surface area (Å²) in [6.45, 7) is 4.24. The van der Waals surface area contributed by atoms with Gasteiger partial charge in [-0.1, -0.05) is 38.1 Å². The minimum Gasteiger partial charge on any atom is -0.478 e. The minimum atomic E-state index is -1.12. The maximum atomic E-state index is 11.3. The van der Waals surface area contributed by atoms with Crippen LogP contribution in [0.5, 0.6) is 0 Å². The highest BCUT2D eigenvalue weighted by atomic mass is 16.4. The van der Waals surface area contributed by atoms with Crippen LogP contribution in [-0.4, -0.2) is 21.0 Å². The number of benzene rings is 1. The van der Waals surface area contributed by atoms with Crippen LogP contribution in [-0.2, 0) is 0 Å². The predicted octanol–water partition coefficient (Wildman–Crippen LogP) is 2.65. The quantitative estimate of drug-likeness (QED) is 0.896. The lowest BCUT2D eigenvalue weighted by molar-refractivity contribution is 0.0697. The topological polar surface area (TPSA) is 83.0 Å². The largest absolute Gasteiger partial charge is 0.478 e. The molecule has 0 amide bonds. The SMILES string of the molecule is CCC(C)c1ccc(-c2[nH]c(=O)ncc2C(=O)O)cc1. The van der Waals surface area contributed by atoms with E-state index in [-0.39, 0.29) is 11.3 Å². The molecule has 0 aliphatic rings. The molecule has 2 rings (SSSR count). The number of nitrogens with zero attached hydrogens (tertiary/aromatic N) is 1. The summed E-state index contributed by atoms with van der Waals surface area (Å²) < 4.78 is 0. The highest BCUT2D eigenvalue weighted by Crippen LogP contribution is 2.24. The number of carboxylic acid groups (broad SMARTS) is 1. The van der Waals surface area contributed by atoms with Gasteiger partial charge in [0.15, 0.2) is 0 Å². The molecule has 1 unspecified atom stereocenters. The molecule has 0 saturated heterocycles. The van der Waals surface area contributed by atoms with E-state index in [1.54, 1.807) is 0 Å². The molecular weight excluding hydrogens is 256 g/mol. The summed E-state index contributed by atoms with van der Waals surface area (Å²) in [5, 5.41) is 9.14. The molecule has 1 heterocycles. The molecule has 104 valence electrons. The Morgan fingerprint density at radius 3 is 2.55 bits per heavy atom. The van der Waals surface area contributed by atoms with Crippen LogP contribution >= 0.6 is 0 Å². The third kappa shape index (κ3) is 2.77. The number of nitrogens with one attached hydrogen (secondary N) is 1. The predicted molar refractivity (Wildman–Crippen MR) is 76.0 cm³/mol. The maximum absolute atomic E-state index is 11.3. The zero-order valence-corrected chi connectivity index (χ0v) is 11.4. The van der Waals surface area contributed by atoms with Gasteiger partial charge in [-0.2, -0.15) is 0 Å². The van der Waals surface area contributed by atoms with Crippen molar-refractivity contribution in [2.24, 2.45) is 0 Å². The summed E-state index contributed by atoms with van der Waals surface area (Å²) in [7, 11) is 0. The fraction of sp³-hybridized carbons (Fsp3) is 0.267. The highest BCUT2D eigenvalue weighted by Gasteiger charge is 2.13. The summed E-state index contributed by atoms with van der Waals surface area (Å²) in [4.78, 5) is 28.4. The average molecular weight is 272 g/mol. The summed E-state index contributed by atoms with van der Waals surface area (Å²) in [5.74, 6) is -0.672. The first-order valence-corrected chi connectivity index (χ1v) is 6.46. The van der Waals surface area contributed by atoms with Crippen molar-refractivity contribution in [3.63, 3.8) is 0 Å². The van der Waals surface area contributed by atoms with Crippen molar-refractivity contribution in [3.8, 4) is 11.3 Å². The molecule has 1 atom stereocenters. The fourth-order valence-corrected chi connectivity index (χ4v) is 2.00. The first-order chi connectivity index (χ1) is 9.52. The van der Waals surface area contributed by atoms with E-state index in [2.05, 4.69) is 23.8 Å². The van der Waals surface area contributed by atoms with E-state index in [1.807, 2.05) is 24.3 Å². The Bertz CT molecular complexity index is 674. The van der Waals surface area contributed by atoms with E-state index in [9.17, 15) is 9.59 Å². The lowest BCUT2D eigenvalue weighted by Crippen LogP contribution is -2.15. The van der Waals surface area contributed by atoms with Gasteiger partial charge >= 0.3 is 11.7 Å². The van der Waals surface area contributed by atoms with Gasteiger partial charge in [0.05, 0.1) is 5.69 Å². The fourth-order valence-electron chi connectivity index (χ4n) is 2.00. The van der Waals surface area contributed by atoms with Crippen molar-refractivity contribution in [1.29, 1.82) is 0 Å². The van der Waals surface area contributed by atoms with Crippen LogP contribution in [0.15, 0.2) is 35.3 Å². The molecule has 2 N–H and O–H groups in total. The van der Waals surface area contributed by atoms with Crippen LogP contribution in [0.25, 0.3) is 11.3 Å². The zero-order chi connectivity index (χ0) is 14.7. The van der Waals surface area contributed by atoms with E-state index in [1.165, 1.54) is 5.56 Å². The standard InChI is InChI=1S/C15H16N2O3/c1-3-9(2)10-4-6-11(7-5-10)13-12(14(18)19)8-16-15(20)17-13/h4-9H,3H2,1-2H3,(H,18,19)(H,16,17,20). The number of H-pyrrole nitrogens is 1. The van der Waals surface area contributed by atoms with Crippen molar-refractivity contribution in [2.45, 2.75) is 26.2 Å². The van der Waals surface area contributed by atoms with Gasteiger partial charge in [0.1, 0.15) is 5.56 Å². The van der Waals surface area contributed by atoms with Crippen LogP contribution in [0.4, 0.5) is 0 Å². The summed E-state index contributed by atoms with van der Waals surface area (Å²) >= 11 is 0. The van der Waals surface area contributed by atoms with Crippen molar-refractivity contribution in [1.82, 2.24) is 9.97 Å². The third-order valence-electron chi connectivity index (χ3n) is 3.42. The highest BCUT2D eigenvalue weighted by molar-refractivity contribution is 5.94. The monoisotopic (exact) mass is 272 g/mol. The van der Waals surface area contributed by atoms with E-state index >= 15 is 0 Å². The number of aromatic carboxylic acids is 1. The van der Waals surface area contributed by atoms with Crippen molar-refractivity contribution in [3.05, 3.63) is 52.1 Å². The van der Waals surface area contributed by atoms with Gasteiger partial charge in [-0.25, -0.2) is 14.6 Å². The Morgan fingerprint density at radius 2 is 2.00 bits per heavy atom. The van der Waals surface area contributed by atoms with Gasteiger partial charge in [-0.15, -0.1) is 0 Å². The number of carbonyl (C=O) groups is 1. The Hall–Kier alpha value is -2.43. The normalized spacial score (nSPS) is 12.1. The summed E-state index contributed by atoms with van der Waals surface area (Å²) in [6.07, 6.45) is 2.12. The molecule has 0 spiro atoms. The van der Waals surface area contributed by atoms with Gasteiger partial charge in [0, 0.05) is 6.20 Å². The Morgan fingerprint density at radius 1 is 1.35 bits per heavy atom. The molecule has 1 aromatic heterocycles. The van der Waals surface area contributed by atoms with Crippen molar-refractivity contribution in [2.75, 3.05) is 0 Å². The van der Waals surface area contributed by atoms with E-state index in [0.29, 0.717) is 11.5 Å². The first-order valence-electron chi connectivity index (χ1n) is 6.46. The molecule has 1 aromatic carbocycles. The van der Waals surface area contributed by atoms with Gasteiger partial charge in [0.2, 0.25) is 0 Å². The molecular formula is C15H16N2O3. The molecule has 0 aliphatic carbocycles. The lowest BCUT2D eigenvalue weighted by atomic mass is 9.96. The maximum Gasteiger partial charge on any atom is 0.345 e. The number of carboxylic acids is 1. The number of aromatic amines is 1. The molecule has 0 saturated carbocycles. The van der Waals surface area contributed by atoms with Gasteiger partial charge in [-0.3, -0.25) is 0 Å². The zero-order valence-electron chi connectivity index (χ0n) is 11.4. The number of aromatic nitrogens is 2. The molecule has 0 aliphatic heterocycles. The number of hydrogen-bond acceptors (Lipinski definition) is 3. The number of rotatable bonds is 4. The lowest BCUT2D eigenvalue weighted by Gasteiger charge is -2.10. The van der Waals surface area contributed by atoms with Crippen molar-refractivity contribution >= 4 is 5.97 Å². The van der Waals surface area contributed by atoms with Crippen LogP contribution in [0.2, 0.25) is 0 Å². The van der Waals surface area contributed by atoms with Crippen LogP contribution in [0.1, 0.15) is 42.1 Å². The molecule has 0 radical (unpaired) electrons. The smallest absolute Gasteiger partial charge is 0.345 e. The van der Waals surface area contributed by atoms with Crippen LogP contribution in [0.3, 0.4) is 0 Å². The third-order valence-corrected chi connectivity index (χ3v) is 3.42. The average Bonchev–Trinajstić information content (AvgIpc) is 2.46.